The second kappa shape index (κ2) is 11.9. The molecular weight excluding hydrogens is 495 g/mol. The molecule has 4 rings (SSSR count). The maximum absolute atomic E-state index is 13.4. The average Bonchev–Trinajstić information content (AvgIpc) is 3.44. The van der Waals surface area contributed by atoms with Gasteiger partial charge in [-0.2, -0.15) is 0 Å². The molecule has 3 unspecified atom stereocenters. The number of hydrogen-bond acceptors (Lipinski definition) is 6. The van der Waals surface area contributed by atoms with E-state index in [0.717, 1.165) is 24.8 Å². The molecule has 8 N–H and O–H groups in total. The van der Waals surface area contributed by atoms with Gasteiger partial charge in [-0.25, -0.2) is 0 Å². The van der Waals surface area contributed by atoms with E-state index in [4.69, 9.17) is 26.5 Å². The molecule has 0 aromatic heterocycles. The van der Waals surface area contributed by atoms with Crippen LogP contribution in [0.15, 0.2) is 35.3 Å². The lowest BCUT2D eigenvalue weighted by molar-refractivity contribution is -0.129. The summed E-state index contributed by atoms with van der Waals surface area (Å²) in [5, 5.41) is 5.87. The third-order valence-electron chi connectivity index (χ3n) is 9.17. The molecule has 3 aliphatic rings. The molecule has 39 heavy (non-hydrogen) atoms. The van der Waals surface area contributed by atoms with Gasteiger partial charge >= 0.3 is 7.12 Å². The van der Waals surface area contributed by atoms with Crippen LogP contribution in [0.3, 0.4) is 0 Å². The van der Waals surface area contributed by atoms with Crippen molar-refractivity contribution in [3.8, 4) is 0 Å². The predicted molar refractivity (Wildman–Crippen MR) is 153 cm³/mol. The number of fused-ring (bicyclic) bond motifs is 5. The van der Waals surface area contributed by atoms with Crippen molar-refractivity contribution in [3.63, 3.8) is 0 Å². The molecule has 1 saturated heterocycles. The average molecular weight is 541 g/mol. The predicted octanol–water partition coefficient (Wildman–Crippen LogP) is 1.33. The van der Waals surface area contributed by atoms with Gasteiger partial charge in [-0.05, 0) is 62.3 Å². The van der Waals surface area contributed by atoms with Gasteiger partial charge in [-0.1, -0.05) is 44.2 Å². The second-order valence-corrected chi connectivity index (χ2v) is 12.3. The molecular formula is C28H45BN6O4. The van der Waals surface area contributed by atoms with Gasteiger partial charge < -0.3 is 37.1 Å². The SMILES string of the molecule is C[C@H](N)C(=O)N[C@@H](Cc1ccccc1)C(=O)NC[C@@H](CCCN=C(N)N)B1OC2C3CCC(C3(C)C)[C@]2(C)O1. The Hall–Kier alpha value is -2.63. The van der Waals surface area contributed by atoms with Crippen molar-refractivity contribution in [3.05, 3.63) is 35.9 Å². The monoisotopic (exact) mass is 540 g/mol. The minimum absolute atomic E-state index is 0.0447. The van der Waals surface area contributed by atoms with Crippen molar-refractivity contribution in [2.75, 3.05) is 13.1 Å². The van der Waals surface area contributed by atoms with Gasteiger partial charge in [0, 0.05) is 25.3 Å². The molecule has 10 nitrogen and oxygen atoms in total. The lowest BCUT2D eigenvalue weighted by Crippen LogP contribution is -2.52. The van der Waals surface area contributed by atoms with Gasteiger partial charge in [-0.15, -0.1) is 0 Å². The molecule has 0 radical (unpaired) electrons. The molecule has 1 aromatic rings. The van der Waals surface area contributed by atoms with Crippen molar-refractivity contribution in [2.45, 2.75) is 89.4 Å². The number of nitrogens with two attached hydrogens (primary N) is 3. The molecule has 7 atom stereocenters. The van der Waals surface area contributed by atoms with E-state index in [0.29, 0.717) is 37.8 Å². The van der Waals surface area contributed by atoms with Crippen LogP contribution in [0.4, 0.5) is 0 Å². The van der Waals surface area contributed by atoms with Crippen LogP contribution in [-0.4, -0.2) is 61.8 Å². The van der Waals surface area contributed by atoms with E-state index >= 15 is 0 Å². The summed E-state index contributed by atoms with van der Waals surface area (Å²) in [5.74, 6) is 0.204. The van der Waals surface area contributed by atoms with E-state index < -0.39 is 19.2 Å². The van der Waals surface area contributed by atoms with E-state index in [1.165, 1.54) is 0 Å². The Bertz CT molecular complexity index is 1050. The van der Waals surface area contributed by atoms with Crippen molar-refractivity contribution in [1.29, 1.82) is 0 Å². The lowest BCUT2D eigenvalue weighted by atomic mass is 9.68. The van der Waals surface area contributed by atoms with Crippen LogP contribution in [0, 0.1) is 17.3 Å². The molecule has 3 fully saturated rings. The zero-order valence-corrected chi connectivity index (χ0v) is 23.7. The van der Waals surface area contributed by atoms with Crippen molar-refractivity contribution >= 4 is 24.9 Å². The number of carbonyl (C=O) groups is 2. The Labute approximate surface area is 232 Å². The van der Waals surface area contributed by atoms with Crippen LogP contribution in [0.2, 0.25) is 5.82 Å². The highest BCUT2D eigenvalue weighted by molar-refractivity contribution is 6.47. The minimum Gasteiger partial charge on any atom is -0.405 e. The van der Waals surface area contributed by atoms with Crippen LogP contribution < -0.4 is 27.8 Å². The summed E-state index contributed by atoms with van der Waals surface area (Å²) in [6, 6.07) is 8.11. The summed E-state index contributed by atoms with van der Waals surface area (Å²) in [4.78, 5) is 29.9. The number of guanidine groups is 1. The van der Waals surface area contributed by atoms with E-state index in [1.54, 1.807) is 6.92 Å². The first kappa shape index (κ1) is 29.4. The fraction of sp³-hybridized carbons (Fsp3) is 0.679. The number of aliphatic imine (C=N–C) groups is 1. The number of nitrogens with one attached hydrogen (secondary N) is 2. The Morgan fingerprint density at radius 1 is 1.15 bits per heavy atom. The third kappa shape index (κ3) is 6.25. The summed E-state index contributed by atoms with van der Waals surface area (Å²) in [5.41, 5.74) is 17.6. The first-order valence-corrected chi connectivity index (χ1v) is 14.2. The van der Waals surface area contributed by atoms with Gasteiger partial charge in [0.25, 0.3) is 0 Å². The van der Waals surface area contributed by atoms with Crippen molar-refractivity contribution < 1.29 is 18.9 Å². The molecule has 214 valence electrons. The molecule has 1 heterocycles. The second-order valence-electron chi connectivity index (χ2n) is 12.3. The molecule has 2 amide bonds. The van der Waals surface area contributed by atoms with Gasteiger partial charge in [0.15, 0.2) is 5.96 Å². The van der Waals surface area contributed by atoms with Crippen molar-refractivity contribution in [2.24, 2.45) is 39.4 Å². The molecule has 1 aromatic carbocycles. The van der Waals surface area contributed by atoms with E-state index in [9.17, 15) is 9.59 Å². The van der Waals surface area contributed by atoms with E-state index in [-0.39, 0.29) is 40.7 Å². The number of nitrogens with zero attached hydrogens (tertiary/aromatic N) is 1. The summed E-state index contributed by atoms with van der Waals surface area (Å²) < 4.78 is 13.4. The Morgan fingerprint density at radius 2 is 1.87 bits per heavy atom. The number of hydrogen-bond donors (Lipinski definition) is 5. The normalized spacial score (nSPS) is 28.8. The molecule has 11 heteroatoms. The Kier molecular flexibility index (Phi) is 8.93. The van der Waals surface area contributed by atoms with Gasteiger partial charge in [0.2, 0.25) is 11.8 Å². The number of rotatable bonds is 12. The summed E-state index contributed by atoms with van der Waals surface area (Å²) >= 11 is 0. The Morgan fingerprint density at radius 3 is 2.51 bits per heavy atom. The minimum atomic E-state index is -0.757. The zero-order chi connectivity index (χ0) is 28.4. The fourth-order valence-corrected chi connectivity index (χ4v) is 7.14. The fourth-order valence-electron chi connectivity index (χ4n) is 7.14. The quantitative estimate of drug-likeness (QED) is 0.115. The molecule has 1 aliphatic heterocycles. The highest BCUT2D eigenvalue weighted by atomic mass is 16.7. The number of carbonyl (C=O) groups excluding carboxylic acids is 2. The molecule has 2 saturated carbocycles. The van der Waals surface area contributed by atoms with Crippen LogP contribution >= 0.6 is 0 Å². The van der Waals surface area contributed by atoms with Crippen LogP contribution in [0.25, 0.3) is 0 Å². The summed E-state index contributed by atoms with van der Waals surface area (Å²) in [6.45, 7) is 9.28. The standard InChI is InChI=1S/C28H45BN6O4/c1-17(30)24(36)35-21(15-18-9-6-5-7-10-18)25(37)34-16-19(11-8-14-33-26(31)32)29-38-23-20-12-13-22(27(20,2)3)28(23,4)39-29/h5-7,9-10,17,19-23H,8,11-16,30H2,1-4H3,(H,34,37)(H,35,36)(H4,31,32,33)/t17-,19+,20?,21-,22?,23?,28-/m0/s1. The molecule has 0 spiro atoms. The first-order valence-electron chi connectivity index (χ1n) is 14.2. The van der Waals surface area contributed by atoms with Crippen molar-refractivity contribution in [1.82, 2.24) is 10.6 Å². The summed E-state index contributed by atoms with van der Waals surface area (Å²) in [6.07, 6.45) is 4.13. The molecule has 2 bridgehead atoms. The summed E-state index contributed by atoms with van der Waals surface area (Å²) in [7, 11) is -0.440. The third-order valence-corrected chi connectivity index (χ3v) is 9.17. The maximum Gasteiger partial charge on any atom is 0.462 e. The van der Waals surface area contributed by atoms with Crippen LogP contribution in [0.5, 0.6) is 0 Å². The van der Waals surface area contributed by atoms with Crippen LogP contribution in [-0.2, 0) is 25.3 Å². The van der Waals surface area contributed by atoms with Gasteiger partial charge in [0.05, 0.1) is 17.7 Å². The number of amides is 2. The highest BCUT2D eigenvalue weighted by Gasteiger charge is 2.70. The first-order chi connectivity index (χ1) is 18.4. The van der Waals surface area contributed by atoms with E-state index in [1.807, 2.05) is 30.3 Å². The maximum atomic E-state index is 13.4. The largest absolute Gasteiger partial charge is 0.462 e. The number of benzene rings is 1. The van der Waals surface area contributed by atoms with Gasteiger partial charge in [-0.3, -0.25) is 14.6 Å². The van der Waals surface area contributed by atoms with E-state index in [2.05, 4.69) is 36.4 Å². The lowest BCUT2D eigenvalue weighted by Gasteiger charge is -2.35. The Balaban J connectivity index is 1.45. The highest BCUT2D eigenvalue weighted by Crippen LogP contribution is 2.66. The topological polar surface area (TPSA) is 167 Å². The van der Waals surface area contributed by atoms with Crippen LogP contribution in [0.1, 0.15) is 58.9 Å². The molecule has 2 aliphatic carbocycles. The smallest absolute Gasteiger partial charge is 0.405 e. The zero-order valence-electron chi connectivity index (χ0n) is 23.7. The van der Waals surface area contributed by atoms with Gasteiger partial charge in [0.1, 0.15) is 6.04 Å².